The van der Waals surface area contributed by atoms with Crippen molar-refractivity contribution in [3.05, 3.63) is 48.3 Å². The molecular weight excluding hydrogens is 364 g/mol. The van der Waals surface area contributed by atoms with Crippen LogP contribution < -0.4 is 10.6 Å². The minimum absolute atomic E-state index is 0.109. The minimum atomic E-state index is -0.109. The third-order valence-corrected chi connectivity index (χ3v) is 5.30. The van der Waals surface area contributed by atoms with Gasteiger partial charge in [0, 0.05) is 38.6 Å². The monoisotopic (exact) mass is 398 g/mol. The summed E-state index contributed by atoms with van der Waals surface area (Å²) < 4.78 is 1.87. The van der Waals surface area contributed by atoms with Crippen molar-refractivity contribution in [2.45, 2.75) is 45.3 Å². The van der Waals surface area contributed by atoms with Crippen LogP contribution in [0.1, 0.15) is 44.7 Å². The number of nitrogens with one attached hydrogen (secondary N) is 2. The first-order chi connectivity index (χ1) is 14.2. The summed E-state index contributed by atoms with van der Waals surface area (Å²) in [5.74, 6) is 0.846. The van der Waals surface area contributed by atoms with E-state index in [1.54, 1.807) is 6.20 Å². The van der Waals surface area contributed by atoms with Crippen LogP contribution in [0, 0.1) is 0 Å². The van der Waals surface area contributed by atoms with Crippen LogP contribution in [0.15, 0.2) is 47.7 Å². The Kier molecular flexibility index (Phi) is 8.07. The van der Waals surface area contributed by atoms with Crippen LogP contribution in [-0.4, -0.2) is 64.6 Å². The van der Waals surface area contributed by atoms with Gasteiger partial charge in [0.05, 0.1) is 17.8 Å². The van der Waals surface area contributed by atoms with E-state index in [1.165, 1.54) is 5.56 Å². The van der Waals surface area contributed by atoms with Crippen LogP contribution in [0.2, 0.25) is 0 Å². The molecule has 0 saturated carbocycles. The maximum atomic E-state index is 9.61. The Hall–Kier alpha value is -2.38. The normalized spacial score (nSPS) is 17.3. The van der Waals surface area contributed by atoms with Crippen molar-refractivity contribution in [3.63, 3.8) is 0 Å². The molecule has 158 valence electrons. The molecule has 1 saturated heterocycles. The molecule has 1 aliphatic rings. The number of benzene rings is 1. The average Bonchev–Trinajstić information content (AvgIpc) is 3.27. The lowest BCUT2D eigenvalue weighted by Gasteiger charge is -2.29. The predicted octanol–water partition coefficient (Wildman–Crippen LogP) is 2.34. The van der Waals surface area contributed by atoms with Gasteiger partial charge < -0.3 is 20.6 Å². The van der Waals surface area contributed by atoms with Crippen LogP contribution in [0.25, 0.3) is 5.69 Å². The first kappa shape index (κ1) is 21.3. The van der Waals surface area contributed by atoms with E-state index < -0.39 is 0 Å². The second kappa shape index (κ2) is 11.0. The lowest BCUT2D eigenvalue weighted by atomic mass is 10.1. The summed E-state index contributed by atoms with van der Waals surface area (Å²) in [6.07, 6.45) is 6.44. The SMILES string of the molecule is CCNC(=NCCCN1CCC(O)CC1)NC(C)c1cccc(-n2cccn2)c1. The fraction of sp³-hybridized carbons (Fsp3) is 0.545. The molecule has 7 nitrogen and oxygen atoms in total. The Morgan fingerprint density at radius 2 is 2.14 bits per heavy atom. The van der Waals surface area contributed by atoms with Crippen LogP contribution in [0.3, 0.4) is 0 Å². The number of aliphatic hydroxyl groups is 1. The van der Waals surface area contributed by atoms with Crippen LogP contribution in [0.4, 0.5) is 0 Å². The number of piperidine rings is 1. The summed E-state index contributed by atoms with van der Waals surface area (Å²) in [5, 5.41) is 20.8. The van der Waals surface area contributed by atoms with Crippen molar-refractivity contribution in [2.24, 2.45) is 4.99 Å². The maximum absolute atomic E-state index is 9.61. The molecule has 0 amide bonds. The molecule has 1 atom stereocenters. The van der Waals surface area contributed by atoms with Gasteiger partial charge in [0.1, 0.15) is 0 Å². The van der Waals surface area contributed by atoms with Crippen molar-refractivity contribution >= 4 is 5.96 Å². The first-order valence-electron chi connectivity index (χ1n) is 10.7. The fourth-order valence-electron chi connectivity index (χ4n) is 3.59. The first-order valence-corrected chi connectivity index (χ1v) is 10.7. The van der Waals surface area contributed by atoms with Crippen LogP contribution >= 0.6 is 0 Å². The van der Waals surface area contributed by atoms with E-state index in [4.69, 9.17) is 4.99 Å². The van der Waals surface area contributed by atoms with E-state index in [0.29, 0.717) is 0 Å². The highest BCUT2D eigenvalue weighted by atomic mass is 16.3. The predicted molar refractivity (Wildman–Crippen MR) is 117 cm³/mol. The van der Waals surface area contributed by atoms with Gasteiger partial charge in [-0.1, -0.05) is 12.1 Å². The largest absolute Gasteiger partial charge is 0.393 e. The molecule has 7 heteroatoms. The molecule has 1 aromatic carbocycles. The van der Waals surface area contributed by atoms with Gasteiger partial charge in [-0.05, 0) is 63.4 Å². The molecule has 1 aromatic heterocycles. The number of hydrogen-bond acceptors (Lipinski definition) is 4. The molecule has 3 rings (SSSR count). The lowest BCUT2D eigenvalue weighted by Crippen LogP contribution is -2.39. The molecule has 1 aliphatic heterocycles. The van der Waals surface area contributed by atoms with Gasteiger partial charge in [-0.2, -0.15) is 5.10 Å². The lowest BCUT2D eigenvalue weighted by molar-refractivity contribution is 0.0824. The Morgan fingerprint density at radius 3 is 2.86 bits per heavy atom. The second-order valence-corrected chi connectivity index (χ2v) is 7.60. The van der Waals surface area contributed by atoms with Gasteiger partial charge in [-0.25, -0.2) is 4.68 Å². The van der Waals surface area contributed by atoms with E-state index in [9.17, 15) is 5.11 Å². The Balaban J connectivity index is 1.52. The van der Waals surface area contributed by atoms with E-state index in [1.807, 2.05) is 16.9 Å². The van der Waals surface area contributed by atoms with Gasteiger partial charge in [0.25, 0.3) is 0 Å². The number of rotatable bonds is 8. The standard InChI is InChI=1S/C22H34N6O/c1-3-23-22(24-11-5-13-27-15-9-21(29)10-16-27)26-18(2)19-7-4-8-20(17-19)28-14-6-12-25-28/h4,6-8,12,14,17-18,21,29H,3,5,9-11,13,15-16H2,1-2H3,(H2,23,24,26). The van der Waals surface area contributed by atoms with Gasteiger partial charge >= 0.3 is 0 Å². The van der Waals surface area contributed by atoms with Gasteiger partial charge in [-0.15, -0.1) is 0 Å². The van der Waals surface area contributed by atoms with E-state index in [-0.39, 0.29) is 12.1 Å². The molecule has 1 unspecified atom stereocenters. The number of nitrogens with zero attached hydrogens (tertiary/aromatic N) is 4. The smallest absolute Gasteiger partial charge is 0.191 e. The van der Waals surface area contributed by atoms with Crippen molar-refractivity contribution in [2.75, 3.05) is 32.7 Å². The molecule has 2 heterocycles. The van der Waals surface area contributed by atoms with Crippen molar-refractivity contribution < 1.29 is 5.11 Å². The number of guanidine groups is 1. The number of aromatic nitrogens is 2. The quantitative estimate of drug-likeness (QED) is 0.361. The zero-order valence-corrected chi connectivity index (χ0v) is 17.6. The van der Waals surface area contributed by atoms with Gasteiger partial charge in [-0.3, -0.25) is 4.99 Å². The summed E-state index contributed by atoms with van der Waals surface area (Å²) in [6.45, 7) is 8.87. The molecule has 0 radical (unpaired) electrons. The molecule has 3 N–H and O–H groups in total. The molecule has 2 aromatic rings. The Morgan fingerprint density at radius 1 is 1.31 bits per heavy atom. The highest BCUT2D eigenvalue weighted by Crippen LogP contribution is 2.16. The van der Waals surface area contributed by atoms with Crippen LogP contribution in [0.5, 0.6) is 0 Å². The van der Waals surface area contributed by atoms with Crippen molar-refractivity contribution in [3.8, 4) is 5.69 Å². The third-order valence-electron chi connectivity index (χ3n) is 5.30. The summed E-state index contributed by atoms with van der Waals surface area (Å²) in [7, 11) is 0. The second-order valence-electron chi connectivity index (χ2n) is 7.60. The molecule has 1 fully saturated rings. The van der Waals surface area contributed by atoms with E-state index in [2.05, 4.69) is 58.7 Å². The average molecular weight is 399 g/mol. The Labute approximate surface area is 173 Å². The van der Waals surface area contributed by atoms with E-state index in [0.717, 1.165) is 63.6 Å². The topological polar surface area (TPSA) is 77.7 Å². The van der Waals surface area contributed by atoms with Crippen LogP contribution in [-0.2, 0) is 0 Å². The third kappa shape index (κ3) is 6.58. The molecule has 0 spiro atoms. The summed E-state index contributed by atoms with van der Waals surface area (Å²) in [6, 6.07) is 10.5. The molecule has 29 heavy (non-hydrogen) atoms. The molecule has 0 bridgehead atoms. The zero-order chi connectivity index (χ0) is 20.5. The zero-order valence-electron chi connectivity index (χ0n) is 17.6. The summed E-state index contributed by atoms with van der Waals surface area (Å²) in [4.78, 5) is 7.17. The molecular formula is C22H34N6O. The number of aliphatic imine (C=N–C) groups is 1. The van der Waals surface area contributed by atoms with Gasteiger partial charge in [0.2, 0.25) is 0 Å². The Bertz CT molecular complexity index is 752. The van der Waals surface area contributed by atoms with E-state index >= 15 is 0 Å². The van der Waals surface area contributed by atoms with Crippen molar-refractivity contribution in [1.29, 1.82) is 0 Å². The number of likely N-dealkylation sites (tertiary alicyclic amines) is 1. The highest BCUT2D eigenvalue weighted by Gasteiger charge is 2.16. The maximum Gasteiger partial charge on any atom is 0.191 e. The molecule has 0 aliphatic carbocycles. The van der Waals surface area contributed by atoms with Crippen molar-refractivity contribution in [1.82, 2.24) is 25.3 Å². The fourth-order valence-corrected chi connectivity index (χ4v) is 3.59. The number of hydrogen-bond donors (Lipinski definition) is 3. The summed E-state index contributed by atoms with van der Waals surface area (Å²) in [5.41, 5.74) is 2.24. The highest BCUT2D eigenvalue weighted by molar-refractivity contribution is 5.80. The minimum Gasteiger partial charge on any atom is -0.393 e. The summed E-state index contributed by atoms with van der Waals surface area (Å²) >= 11 is 0. The van der Waals surface area contributed by atoms with Gasteiger partial charge in [0.15, 0.2) is 5.96 Å². The number of aliphatic hydroxyl groups excluding tert-OH is 1.